The van der Waals surface area contributed by atoms with Crippen molar-refractivity contribution >= 4 is 69.4 Å². The first-order valence-corrected chi connectivity index (χ1v) is 24.3. The van der Waals surface area contributed by atoms with Crippen LogP contribution in [0, 0.1) is 0 Å². The van der Waals surface area contributed by atoms with E-state index in [2.05, 4.69) is 84.0 Å². The van der Waals surface area contributed by atoms with Crippen LogP contribution in [0.1, 0.15) is 90.9 Å². The highest BCUT2D eigenvalue weighted by atomic mass is 79.9. The summed E-state index contributed by atoms with van der Waals surface area (Å²) in [5, 5.41) is 2.81. The summed E-state index contributed by atoms with van der Waals surface area (Å²) < 4.78 is 14.5. The highest BCUT2D eigenvalue weighted by molar-refractivity contribution is 9.13. The number of nitrogens with zero attached hydrogens (tertiary/aromatic N) is 2. The van der Waals surface area contributed by atoms with Crippen LogP contribution >= 0.6 is 31.9 Å². The Kier molecular flexibility index (Phi) is 12.2. The van der Waals surface area contributed by atoms with Crippen LogP contribution in [0.3, 0.4) is 0 Å². The smallest absolute Gasteiger partial charge is 0.284 e. The third-order valence-electron chi connectivity index (χ3n) is 8.93. The van der Waals surface area contributed by atoms with Gasteiger partial charge in [-0.2, -0.15) is 0 Å². The van der Waals surface area contributed by atoms with Crippen molar-refractivity contribution in [2.24, 2.45) is 0 Å². The van der Waals surface area contributed by atoms with Crippen LogP contribution in [-0.2, 0) is 0 Å². The molecule has 1 aromatic heterocycles. The quantitative estimate of drug-likeness (QED) is 0.0849. The number of ether oxygens (including phenoxy) is 2. The van der Waals surface area contributed by atoms with Crippen molar-refractivity contribution in [3.63, 3.8) is 0 Å². The van der Waals surface area contributed by atoms with Crippen LogP contribution in [0.5, 0.6) is 23.3 Å². The van der Waals surface area contributed by atoms with Crippen molar-refractivity contribution in [3.05, 3.63) is 33.2 Å². The first-order chi connectivity index (χ1) is 20.1. The number of halogens is 2. The Morgan fingerprint density at radius 3 is 1.31 bits per heavy atom. The molecule has 0 spiro atoms. The molecule has 4 rings (SSSR count). The molecule has 2 heterocycles. The molecule has 1 aliphatic rings. The SMILES string of the molecule is CCCCCCCC[Si](C)(C)c1ccc([Si](C)(C)CCCCCCCC)c2nc3c(nc12)Oc1cc(Br)c(Br)cc1O3. The molecule has 0 bridgehead atoms. The number of fused-ring (bicyclic) bond motifs is 3. The van der Waals surface area contributed by atoms with Crippen molar-refractivity contribution in [2.45, 2.75) is 129 Å². The molecular formula is C34H50Br2N2O2Si2. The lowest BCUT2D eigenvalue weighted by Gasteiger charge is -2.29. The van der Waals surface area contributed by atoms with Crippen molar-refractivity contribution in [1.82, 2.24) is 9.97 Å². The summed E-state index contributed by atoms with van der Waals surface area (Å²) in [6.45, 7) is 14.6. The van der Waals surface area contributed by atoms with E-state index in [-0.39, 0.29) is 0 Å². The number of hydrogen-bond donors (Lipinski definition) is 0. The van der Waals surface area contributed by atoms with Gasteiger partial charge in [0.25, 0.3) is 11.8 Å². The van der Waals surface area contributed by atoms with E-state index in [0.717, 1.165) is 20.0 Å². The maximum absolute atomic E-state index is 6.34. The van der Waals surface area contributed by atoms with Crippen LogP contribution in [0.15, 0.2) is 33.2 Å². The van der Waals surface area contributed by atoms with E-state index in [9.17, 15) is 0 Å². The number of benzene rings is 2. The third-order valence-corrected chi connectivity index (χ3v) is 17.7. The molecule has 0 saturated heterocycles. The van der Waals surface area contributed by atoms with E-state index in [1.807, 2.05) is 12.1 Å². The Hall–Kier alpha value is -1.23. The first-order valence-electron chi connectivity index (χ1n) is 16.3. The first kappa shape index (κ1) is 33.7. The normalized spacial score (nSPS) is 13.0. The molecule has 1 aliphatic heterocycles. The zero-order valence-electron chi connectivity index (χ0n) is 26.7. The van der Waals surface area contributed by atoms with Gasteiger partial charge in [0.05, 0.1) is 27.2 Å². The molecule has 42 heavy (non-hydrogen) atoms. The largest absolute Gasteiger partial charge is 0.431 e. The van der Waals surface area contributed by atoms with Crippen LogP contribution in [0.2, 0.25) is 38.3 Å². The van der Waals surface area contributed by atoms with Crippen molar-refractivity contribution in [1.29, 1.82) is 0 Å². The minimum atomic E-state index is -1.77. The maximum atomic E-state index is 6.34. The zero-order chi connectivity index (χ0) is 30.3. The zero-order valence-corrected chi connectivity index (χ0v) is 31.8. The molecule has 0 radical (unpaired) electrons. The van der Waals surface area contributed by atoms with E-state index < -0.39 is 16.1 Å². The number of aromatic nitrogens is 2. The summed E-state index contributed by atoms with van der Waals surface area (Å²) >= 11 is 7.19. The monoisotopic (exact) mass is 732 g/mol. The van der Waals surface area contributed by atoms with Gasteiger partial charge in [0, 0.05) is 21.1 Å². The fourth-order valence-corrected chi connectivity index (χ4v) is 12.3. The standard InChI is InChI=1S/C34H50Br2N2O2Si2/c1-7-9-11-13-15-17-21-41(3,4)29-19-20-30(42(5,6)22-18-16-14-12-10-8-2)32-31(29)37-33-34(38-32)40-28-24-26(36)25(35)23-27(28)39-33/h19-20,23-24H,7-18,21-22H2,1-6H3. The van der Waals surface area contributed by atoms with Gasteiger partial charge < -0.3 is 9.47 Å². The molecule has 0 aliphatic carbocycles. The van der Waals surface area contributed by atoms with Gasteiger partial charge in [-0.1, -0.05) is 141 Å². The van der Waals surface area contributed by atoms with Gasteiger partial charge in [-0.05, 0) is 42.2 Å². The van der Waals surface area contributed by atoms with Crippen LogP contribution in [0.4, 0.5) is 0 Å². The van der Waals surface area contributed by atoms with E-state index in [0.29, 0.717) is 23.3 Å². The molecule has 2 aromatic carbocycles. The predicted octanol–water partition coefficient (Wildman–Crippen LogP) is 11.6. The second-order valence-corrected chi connectivity index (χ2v) is 24.7. The average molecular weight is 735 g/mol. The van der Waals surface area contributed by atoms with Gasteiger partial charge in [-0.25, -0.2) is 9.97 Å². The Bertz CT molecular complexity index is 1260. The molecule has 0 atom stereocenters. The van der Waals surface area contributed by atoms with Crippen molar-refractivity contribution < 1.29 is 9.47 Å². The maximum Gasteiger partial charge on any atom is 0.284 e. The molecule has 0 N–H and O–H groups in total. The molecule has 3 aromatic rings. The molecule has 230 valence electrons. The fraction of sp³-hybridized carbons (Fsp3) is 0.588. The summed E-state index contributed by atoms with van der Waals surface area (Å²) in [4.78, 5) is 10.5. The molecule has 0 saturated carbocycles. The Morgan fingerprint density at radius 1 is 0.571 bits per heavy atom. The second-order valence-electron chi connectivity index (χ2n) is 13.4. The van der Waals surface area contributed by atoms with E-state index in [1.54, 1.807) is 0 Å². The van der Waals surface area contributed by atoms with Gasteiger partial charge in [-0.3, -0.25) is 0 Å². The average Bonchev–Trinajstić information content (AvgIpc) is 2.94. The van der Waals surface area contributed by atoms with Gasteiger partial charge in [-0.15, -0.1) is 0 Å². The van der Waals surface area contributed by atoms with E-state index >= 15 is 0 Å². The fourth-order valence-electron chi connectivity index (χ4n) is 6.17. The third kappa shape index (κ3) is 8.27. The van der Waals surface area contributed by atoms with Crippen LogP contribution in [-0.4, -0.2) is 26.1 Å². The lowest BCUT2D eigenvalue weighted by molar-refractivity contribution is 0.338. The van der Waals surface area contributed by atoms with Crippen LogP contribution < -0.4 is 19.8 Å². The highest BCUT2D eigenvalue weighted by Crippen LogP contribution is 2.46. The van der Waals surface area contributed by atoms with Crippen LogP contribution in [0.25, 0.3) is 11.0 Å². The molecular weight excluding hydrogens is 684 g/mol. The summed E-state index contributed by atoms with van der Waals surface area (Å²) in [5.74, 6) is 2.26. The summed E-state index contributed by atoms with van der Waals surface area (Å²) in [7, 11) is -3.54. The Labute approximate surface area is 273 Å². The van der Waals surface area contributed by atoms with E-state index in [4.69, 9.17) is 19.4 Å². The highest BCUT2D eigenvalue weighted by Gasteiger charge is 2.33. The number of unbranched alkanes of at least 4 members (excludes halogenated alkanes) is 10. The van der Waals surface area contributed by atoms with Crippen molar-refractivity contribution in [3.8, 4) is 23.3 Å². The van der Waals surface area contributed by atoms with Crippen molar-refractivity contribution in [2.75, 3.05) is 0 Å². The molecule has 4 nitrogen and oxygen atoms in total. The topological polar surface area (TPSA) is 44.2 Å². The van der Waals surface area contributed by atoms with Gasteiger partial charge >= 0.3 is 0 Å². The lowest BCUT2D eigenvalue weighted by Crippen LogP contribution is -2.47. The Morgan fingerprint density at radius 2 is 0.929 bits per heavy atom. The minimum absolute atomic E-state index is 0.474. The lowest BCUT2D eigenvalue weighted by atomic mass is 10.1. The molecule has 8 heteroatoms. The van der Waals surface area contributed by atoms with Gasteiger partial charge in [0.1, 0.15) is 0 Å². The molecule has 0 fully saturated rings. The Balaban J connectivity index is 1.68. The van der Waals surface area contributed by atoms with Gasteiger partial charge in [0.2, 0.25) is 0 Å². The van der Waals surface area contributed by atoms with Gasteiger partial charge in [0.15, 0.2) is 11.5 Å². The molecule has 0 unspecified atom stereocenters. The molecule has 0 amide bonds. The second kappa shape index (κ2) is 15.2. The predicted molar refractivity (Wildman–Crippen MR) is 192 cm³/mol. The summed E-state index contributed by atoms with van der Waals surface area (Å²) in [5.41, 5.74) is 2.08. The van der Waals surface area contributed by atoms with E-state index in [1.165, 1.54) is 99.5 Å². The summed E-state index contributed by atoms with van der Waals surface area (Å²) in [6.07, 6.45) is 15.9. The minimum Gasteiger partial charge on any atom is -0.431 e. The number of rotatable bonds is 16. The number of hydrogen-bond acceptors (Lipinski definition) is 4. The summed E-state index contributed by atoms with van der Waals surface area (Å²) in [6, 6.07) is 11.2.